The van der Waals surface area contributed by atoms with Crippen molar-refractivity contribution < 1.29 is 4.42 Å². The number of hydrogen-bond donors (Lipinski definition) is 0. The molecular weight excluding hydrogens is 683 g/mol. The largest absolute Gasteiger partial charge is 0.455 e. The van der Waals surface area contributed by atoms with Gasteiger partial charge in [0.2, 0.25) is 0 Å². The molecule has 0 atom stereocenters. The minimum atomic E-state index is 0.640. The zero-order chi connectivity index (χ0) is 36.9. The molecule has 0 aliphatic rings. The number of nitrogens with zero attached hydrogens (tertiary/aromatic N) is 3. The fourth-order valence-corrected chi connectivity index (χ4v) is 9.20. The average Bonchev–Trinajstić information content (AvgIpc) is 3.80. The highest BCUT2D eigenvalue weighted by molar-refractivity contribution is 6.29. The second-order valence-corrected chi connectivity index (χ2v) is 14.5. The minimum Gasteiger partial charge on any atom is -0.455 e. The van der Waals surface area contributed by atoms with E-state index in [0.29, 0.717) is 5.56 Å². The van der Waals surface area contributed by atoms with Gasteiger partial charge >= 0.3 is 0 Å². The van der Waals surface area contributed by atoms with E-state index in [2.05, 4.69) is 156 Å². The van der Waals surface area contributed by atoms with Gasteiger partial charge in [0, 0.05) is 49.0 Å². The summed E-state index contributed by atoms with van der Waals surface area (Å²) in [5.74, 6) is 0. The second kappa shape index (κ2) is 11.6. The van der Waals surface area contributed by atoms with Crippen LogP contribution in [0.25, 0.3) is 115 Å². The number of furan rings is 1. The molecular formula is C52H29N3O. The molecule has 0 saturated carbocycles. The van der Waals surface area contributed by atoms with Crippen molar-refractivity contribution in [2.24, 2.45) is 0 Å². The molecule has 3 aromatic heterocycles. The van der Waals surface area contributed by atoms with Crippen LogP contribution < -0.4 is 0 Å². The SMILES string of the molecule is N#Cc1ccc2c3cc(-c4c5ccccc5c(-c5nc6ccccc6c6c5ccc5c7ccccc7oc56)c5ccccc45)ccc3n(-c3ccccc3)c2c1. The van der Waals surface area contributed by atoms with Crippen molar-refractivity contribution in [3.05, 3.63) is 181 Å². The first-order chi connectivity index (χ1) is 27.7. The molecule has 0 aliphatic heterocycles. The molecule has 0 saturated heterocycles. The predicted octanol–water partition coefficient (Wildman–Crippen LogP) is 13.9. The molecule has 56 heavy (non-hydrogen) atoms. The molecule has 0 fully saturated rings. The zero-order valence-corrected chi connectivity index (χ0v) is 30.0. The summed E-state index contributed by atoms with van der Waals surface area (Å²) < 4.78 is 8.95. The molecule has 0 aliphatic carbocycles. The normalized spacial score (nSPS) is 11.9. The Balaban J connectivity index is 1.18. The first-order valence-corrected chi connectivity index (χ1v) is 18.9. The minimum absolute atomic E-state index is 0.640. The van der Waals surface area contributed by atoms with Crippen molar-refractivity contribution >= 4 is 87.0 Å². The van der Waals surface area contributed by atoms with Gasteiger partial charge in [-0.15, -0.1) is 0 Å². The molecule has 0 N–H and O–H groups in total. The van der Waals surface area contributed by atoms with Gasteiger partial charge in [-0.3, -0.25) is 0 Å². The maximum atomic E-state index is 9.85. The molecule has 258 valence electrons. The smallest absolute Gasteiger partial charge is 0.144 e. The van der Waals surface area contributed by atoms with Crippen molar-refractivity contribution in [2.45, 2.75) is 0 Å². The molecule has 0 unspecified atom stereocenters. The molecule has 0 radical (unpaired) electrons. The Labute approximate surface area is 320 Å². The van der Waals surface area contributed by atoms with Crippen LogP contribution in [0.5, 0.6) is 0 Å². The Kier molecular flexibility index (Phi) is 6.37. The van der Waals surface area contributed by atoms with E-state index in [1.807, 2.05) is 30.3 Å². The van der Waals surface area contributed by atoms with E-state index in [0.717, 1.165) is 109 Å². The number of fused-ring (bicyclic) bond motifs is 12. The number of hydrogen-bond acceptors (Lipinski definition) is 3. The fourth-order valence-electron chi connectivity index (χ4n) is 9.20. The van der Waals surface area contributed by atoms with Gasteiger partial charge in [0.05, 0.1) is 33.9 Å². The van der Waals surface area contributed by atoms with Gasteiger partial charge < -0.3 is 8.98 Å². The maximum absolute atomic E-state index is 9.85. The number of aromatic nitrogens is 2. The summed E-state index contributed by atoms with van der Waals surface area (Å²) in [6, 6.07) is 64.2. The van der Waals surface area contributed by atoms with Crippen LogP contribution in [0.2, 0.25) is 0 Å². The van der Waals surface area contributed by atoms with Gasteiger partial charge in [-0.1, -0.05) is 121 Å². The van der Waals surface area contributed by atoms with Crippen LogP contribution in [0.4, 0.5) is 0 Å². The van der Waals surface area contributed by atoms with E-state index in [4.69, 9.17) is 9.40 Å². The van der Waals surface area contributed by atoms with Crippen molar-refractivity contribution in [1.29, 1.82) is 5.26 Å². The van der Waals surface area contributed by atoms with Crippen molar-refractivity contribution in [3.63, 3.8) is 0 Å². The first-order valence-electron chi connectivity index (χ1n) is 18.9. The van der Waals surface area contributed by atoms with Gasteiger partial charge in [0.1, 0.15) is 11.2 Å². The first kappa shape index (κ1) is 30.7. The Morgan fingerprint density at radius 3 is 1.84 bits per heavy atom. The van der Waals surface area contributed by atoms with E-state index >= 15 is 0 Å². The van der Waals surface area contributed by atoms with E-state index in [-0.39, 0.29) is 0 Å². The number of para-hydroxylation sites is 3. The lowest BCUT2D eigenvalue weighted by Crippen LogP contribution is -1.95. The third-order valence-electron chi connectivity index (χ3n) is 11.6. The van der Waals surface area contributed by atoms with Crippen LogP contribution in [-0.2, 0) is 0 Å². The highest BCUT2D eigenvalue weighted by Crippen LogP contribution is 2.48. The molecule has 0 bridgehead atoms. The molecule has 12 rings (SSSR count). The predicted molar refractivity (Wildman–Crippen MR) is 231 cm³/mol. The Morgan fingerprint density at radius 1 is 0.464 bits per heavy atom. The molecule has 4 heteroatoms. The van der Waals surface area contributed by atoms with Crippen LogP contribution in [0.3, 0.4) is 0 Å². The maximum Gasteiger partial charge on any atom is 0.144 e. The number of nitriles is 1. The average molecular weight is 712 g/mol. The summed E-state index contributed by atoms with van der Waals surface area (Å²) in [5.41, 5.74) is 10.9. The molecule has 12 aromatic rings. The van der Waals surface area contributed by atoms with Crippen molar-refractivity contribution in [2.75, 3.05) is 0 Å². The fraction of sp³-hybridized carbons (Fsp3) is 0. The number of benzene rings is 9. The molecule has 0 amide bonds. The van der Waals surface area contributed by atoms with Crippen LogP contribution in [0, 0.1) is 11.3 Å². The number of pyridine rings is 1. The Hall–Kier alpha value is -7.74. The summed E-state index contributed by atoms with van der Waals surface area (Å²) in [7, 11) is 0. The van der Waals surface area contributed by atoms with Gasteiger partial charge in [-0.05, 0) is 87.3 Å². The molecule has 0 spiro atoms. The van der Waals surface area contributed by atoms with E-state index < -0.39 is 0 Å². The molecule has 4 nitrogen and oxygen atoms in total. The van der Waals surface area contributed by atoms with E-state index in [9.17, 15) is 5.26 Å². The Morgan fingerprint density at radius 2 is 1.09 bits per heavy atom. The second-order valence-electron chi connectivity index (χ2n) is 14.5. The standard InChI is InChI=1S/C52H29N3O/c53-30-31-22-24-34-43-29-32(23-27-45(43)55(46(34)28-31)33-12-2-1-3-13-33)48-36-15-4-6-17-38(36)49(39-18-7-5-16-37(39)48)51-42-26-25-40-35-14-9-11-21-47(35)56-52(40)50(42)41-19-8-10-20-44(41)54-51/h1-29H. The molecule has 9 aromatic carbocycles. The van der Waals surface area contributed by atoms with E-state index in [1.165, 1.54) is 5.56 Å². The topological polar surface area (TPSA) is 54.8 Å². The van der Waals surface area contributed by atoms with Crippen LogP contribution in [0.1, 0.15) is 5.56 Å². The summed E-state index contributed by atoms with van der Waals surface area (Å²) in [6.07, 6.45) is 0. The quantitative estimate of drug-likeness (QED) is 0.135. The third-order valence-corrected chi connectivity index (χ3v) is 11.6. The number of rotatable bonds is 3. The van der Waals surface area contributed by atoms with Crippen molar-refractivity contribution in [3.8, 4) is 34.1 Å². The lowest BCUT2D eigenvalue weighted by atomic mass is 9.85. The van der Waals surface area contributed by atoms with Crippen LogP contribution in [0.15, 0.2) is 180 Å². The summed E-state index contributed by atoms with van der Waals surface area (Å²) in [5, 5.41) is 22.1. The Bertz CT molecular complexity index is 3600. The van der Waals surface area contributed by atoms with Crippen LogP contribution in [-0.4, -0.2) is 9.55 Å². The van der Waals surface area contributed by atoms with Gasteiger partial charge in [-0.2, -0.15) is 5.26 Å². The van der Waals surface area contributed by atoms with Crippen molar-refractivity contribution in [1.82, 2.24) is 9.55 Å². The molecule has 3 heterocycles. The van der Waals surface area contributed by atoms with Crippen LogP contribution >= 0.6 is 0 Å². The van der Waals surface area contributed by atoms with E-state index in [1.54, 1.807) is 0 Å². The third kappa shape index (κ3) is 4.25. The van der Waals surface area contributed by atoms with Gasteiger partial charge in [0.15, 0.2) is 0 Å². The summed E-state index contributed by atoms with van der Waals surface area (Å²) >= 11 is 0. The summed E-state index contributed by atoms with van der Waals surface area (Å²) in [4.78, 5) is 5.49. The lowest BCUT2D eigenvalue weighted by Gasteiger charge is -2.19. The van der Waals surface area contributed by atoms with Gasteiger partial charge in [-0.25, -0.2) is 4.98 Å². The van der Waals surface area contributed by atoms with Gasteiger partial charge in [0.25, 0.3) is 0 Å². The highest BCUT2D eigenvalue weighted by Gasteiger charge is 2.23. The highest BCUT2D eigenvalue weighted by atomic mass is 16.3. The lowest BCUT2D eigenvalue weighted by molar-refractivity contribution is 0.673. The summed E-state index contributed by atoms with van der Waals surface area (Å²) in [6.45, 7) is 0. The monoisotopic (exact) mass is 711 g/mol. The zero-order valence-electron chi connectivity index (χ0n) is 30.0.